The Labute approximate surface area is 203 Å². The highest BCUT2D eigenvalue weighted by Crippen LogP contribution is 2.43. The maximum atomic E-state index is 6.63. The van der Waals surface area contributed by atoms with Crippen molar-refractivity contribution >= 4 is 27.6 Å². The van der Waals surface area contributed by atoms with Crippen molar-refractivity contribution in [2.45, 2.75) is 0 Å². The van der Waals surface area contributed by atoms with Gasteiger partial charge in [0.05, 0.1) is 19.3 Å². The van der Waals surface area contributed by atoms with Crippen LogP contribution >= 0.6 is 0 Å². The molecule has 2 saturated heterocycles. The molecule has 0 spiro atoms. The highest BCUT2D eigenvalue weighted by molar-refractivity contribution is 6.09. The number of aromatic nitrogens is 1. The number of hydrogen-bond donors (Lipinski definition) is 1. The van der Waals surface area contributed by atoms with Crippen molar-refractivity contribution < 1.29 is 13.9 Å². The Kier molecular flexibility index (Phi) is 5.07. The summed E-state index contributed by atoms with van der Waals surface area (Å²) in [6, 6.07) is 21.8. The molecule has 0 atom stereocenters. The average Bonchev–Trinajstić information content (AvgIpc) is 3.36. The third-order valence-electron chi connectivity index (χ3n) is 7.30. The zero-order valence-corrected chi connectivity index (χ0v) is 19.6. The molecule has 2 fully saturated rings. The maximum Gasteiger partial charge on any atom is 0.203 e. The molecule has 4 aliphatic rings. The SMILES string of the molecule is c1ccc2c(-c3c4ccc(=[N+]5CCOCC5)cc-4oc4cc(N5CCOCC5)ccc34)c[nH]c2c1. The number of rotatable bonds is 2. The summed E-state index contributed by atoms with van der Waals surface area (Å²) in [5.41, 5.74) is 6.75. The van der Waals surface area contributed by atoms with Crippen molar-refractivity contribution in [2.75, 3.05) is 57.5 Å². The average molecular weight is 467 g/mol. The fourth-order valence-corrected chi connectivity index (χ4v) is 5.47. The number of benzene rings is 3. The van der Waals surface area contributed by atoms with Gasteiger partial charge in [-0.15, -0.1) is 0 Å². The van der Waals surface area contributed by atoms with Crippen LogP contribution in [0.1, 0.15) is 0 Å². The van der Waals surface area contributed by atoms with Gasteiger partial charge in [0.15, 0.2) is 13.1 Å². The number of anilines is 1. The Morgan fingerprint density at radius 3 is 2.49 bits per heavy atom. The van der Waals surface area contributed by atoms with Crippen molar-refractivity contribution in [3.05, 3.63) is 72.2 Å². The van der Waals surface area contributed by atoms with Gasteiger partial charge in [0.1, 0.15) is 24.6 Å². The molecule has 1 aliphatic carbocycles. The fraction of sp³-hybridized carbons (Fsp3) is 0.276. The number of aromatic amines is 1. The normalized spacial score (nSPS) is 17.0. The van der Waals surface area contributed by atoms with Crippen LogP contribution in [0.25, 0.3) is 44.3 Å². The number of nitrogens with zero attached hydrogens (tertiary/aromatic N) is 2. The lowest BCUT2D eigenvalue weighted by Gasteiger charge is -2.29. The first-order valence-electron chi connectivity index (χ1n) is 12.4. The monoisotopic (exact) mass is 466 g/mol. The smallest absolute Gasteiger partial charge is 0.203 e. The minimum absolute atomic E-state index is 0.760. The molecule has 1 N–H and O–H groups in total. The molecule has 6 heteroatoms. The van der Waals surface area contributed by atoms with Gasteiger partial charge in [-0.1, -0.05) is 18.2 Å². The van der Waals surface area contributed by atoms with E-state index in [2.05, 4.69) is 81.3 Å². The highest BCUT2D eigenvalue weighted by Gasteiger charge is 2.22. The van der Waals surface area contributed by atoms with Gasteiger partial charge in [-0.25, -0.2) is 4.58 Å². The predicted octanol–water partition coefficient (Wildman–Crippen LogP) is 4.32. The number of hydrogen-bond acceptors (Lipinski definition) is 4. The Morgan fingerprint density at radius 1 is 0.771 bits per heavy atom. The molecule has 6 nitrogen and oxygen atoms in total. The second-order valence-electron chi connectivity index (χ2n) is 9.28. The summed E-state index contributed by atoms with van der Waals surface area (Å²) in [6.07, 6.45) is 2.13. The zero-order valence-electron chi connectivity index (χ0n) is 19.6. The molecule has 4 heterocycles. The number of H-pyrrole nitrogens is 1. The van der Waals surface area contributed by atoms with Crippen LogP contribution in [0.15, 0.2) is 71.3 Å². The molecule has 0 saturated carbocycles. The van der Waals surface area contributed by atoms with Gasteiger partial charge in [0.25, 0.3) is 0 Å². The van der Waals surface area contributed by atoms with E-state index < -0.39 is 0 Å². The zero-order chi connectivity index (χ0) is 23.2. The van der Waals surface area contributed by atoms with Crippen LogP contribution in [-0.4, -0.2) is 57.6 Å². The summed E-state index contributed by atoms with van der Waals surface area (Å²) in [5, 5.41) is 3.52. The molecule has 2 aromatic carbocycles. The van der Waals surface area contributed by atoms with Crippen LogP contribution in [0, 0.1) is 0 Å². The van der Waals surface area contributed by atoms with Crippen LogP contribution in [0.3, 0.4) is 0 Å². The Balaban J connectivity index is 1.50. The fourth-order valence-electron chi connectivity index (χ4n) is 5.47. The summed E-state index contributed by atoms with van der Waals surface area (Å²) in [6.45, 7) is 6.63. The van der Waals surface area contributed by atoms with E-state index in [0.29, 0.717) is 0 Å². The lowest BCUT2D eigenvalue weighted by Crippen LogP contribution is -2.39. The molecule has 0 radical (unpaired) electrons. The molecule has 7 rings (SSSR count). The van der Waals surface area contributed by atoms with E-state index in [-0.39, 0.29) is 0 Å². The van der Waals surface area contributed by atoms with E-state index in [4.69, 9.17) is 13.9 Å². The van der Waals surface area contributed by atoms with Crippen LogP contribution in [0.4, 0.5) is 5.69 Å². The summed E-state index contributed by atoms with van der Waals surface area (Å²) in [7, 11) is 0. The second-order valence-corrected chi connectivity index (χ2v) is 9.28. The van der Waals surface area contributed by atoms with Crippen molar-refractivity contribution in [1.29, 1.82) is 0 Å². The van der Waals surface area contributed by atoms with Crippen molar-refractivity contribution in [3.8, 4) is 22.5 Å². The third-order valence-corrected chi connectivity index (χ3v) is 7.30. The lowest BCUT2D eigenvalue weighted by atomic mass is 9.93. The van der Waals surface area contributed by atoms with Gasteiger partial charge in [-0.2, -0.15) is 0 Å². The summed E-state index contributed by atoms with van der Waals surface area (Å²) >= 11 is 0. The number of para-hydroxylation sites is 1. The van der Waals surface area contributed by atoms with E-state index in [0.717, 1.165) is 80.4 Å². The Morgan fingerprint density at radius 2 is 1.60 bits per heavy atom. The van der Waals surface area contributed by atoms with Crippen molar-refractivity contribution in [2.24, 2.45) is 0 Å². The minimum atomic E-state index is 0.760. The lowest BCUT2D eigenvalue weighted by molar-refractivity contribution is 0.0965. The first-order valence-corrected chi connectivity index (χ1v) is 12.4. The van der Waals surface area contributed by atoms with Crippen LogP contribution in [0.2, 0.25) is 0 Å². The van der Waals surface area contributed by atoms with E-state index in [1.54, 1.807) is 0 Å². The van der Waals surface area contributed by atoms with Gasteiger partial charge in [-0.3, -0.25) is 0 Å². The third kappa shape index (κ3) is 3.61. The van der Waals surface area contributed by atoms with Crippen LogP contribution < -0.4 is 14.8 Å². The number of nitrogens with one attached hydrogen (secondary N) is 1. The predicted molar refractivity (Wildman–Crippen MR) is 139 cm³/mol. The molecule has 0 unspecified atom stereocenters. The number of fused-ring (bicyclic) bond motifs is 3. The van der Waals surface area contributed by atoms with E-state index in [1.165, 1.54) is 27.6 Å². The van der Waals surface area contributed by atoms with Crippen LogP contribution in [0.5, 0.6) is 0 Å². The van der Waals surface area contributed by atoms with Gasteiger partial charge >= 0.3 is 0 Å². The molecule has 0 amide bonds. The first kappa shape index (κ1) is 20.7. The summed E-state index contributed by atoms with van der Waals surface area (Å²) in [4.78, 5) is 5.84. The minimum Gasteiger partial charge on any atom is -0.456 e. The van der Waals surface area contributed by atoms with Crippen molar-refractivity contribution in [1.82, 2.24) is 9.56 Å². The van der Waals surface area contributed by atoms with Gasteiger partial charge in [-0.05, 0) is 24.3 Å². The molecule has 3 aliphatic heterocycles. The van der Waals surface area contributed by atoms with Gasteiger partial charge in [0.2, 0.25) is 5.36 Å². The van der Waals surface area contributed by atoms with Gasteiger partial charge < -0.3 is 23.8 Å². The Bertz CT molecular complexity index is 1570. The molecule has 3 aromatic rings. The summed E-state index contributed by atoms with van der Waals surface area (Å²) in [5.74, 6) is 0.904. The second kappa shape index (κ2) is 8.56. The van der Waals surface area contributed by atoms with Gasteiger partial charge in [0, 0.05) is 70.1 Å². The van der Waals surface area contributed by atoms with E-state index in [9.17, 15) is 0 Å². The largest absolute Gasteiger partial charge is 0.456 e. The van der Waals surface area contributed by atoms with Crippen LogP contribution in [-0.2, 0) is 9.47 Å². The molecule has 176 valence electrons. The maximum absolute atomic E-state index is 6.63. The summed E-state index contributed by atoms with van der Waals surface area (Å²) < 4.78 is 20.1. The molecule has 35 heavy (non-hydrogen) atoms. The molecular weight excluding hydrogens is 438 g/mol. The topological polar surface area (TPSA) is 53.6 Å². The molecule has 0 bridgehead atoms. The van der Waals surface area contributed by atoms with E-state index >= 15 is 0 Å². The van der Waals surface area contributed by atoms with E-state index in [1.807, 2.05) is 0 Å². The molecular formula is C29H28N3O3+. The van der Waals surface area contributed by atoms with Crippen molar-refractivity contribution in [3.63, 3.8) is 0 Å². The standard InChI is InChI=1S/C29H27N3O3/c1-2-4-26-22(3-1)25(19-30-26)29-23-7-5-20(31-9-13-33-14-10-31)17-27(23)35-28-18-21(6-8-24(28)29)32-11-15-34-16-12-32/h1-8,17-19H,9-16H2/p+1. The number of ether oxygens (including phenoxy) is 2. The number of morpholine rings is 2. The first-order chi connectivity index (χ1) is 17.3. The molecule has 1 aromatic heterocycles. The highest BCUT2D eigenvalue weighted by atomic mass is 16.5. The Hall–Kier alpha value is -3.61. The quantitative estimate of drug-likeness (QED) is 0.311.